The molecule has 0 nitrogen and oxygen atoms in total. The molecule has 1 aliphatic rings. The number of rotatable bonds is 2. The predicted molar refractivity (Wildman–Crippen MR) is 82.7 cm³/mol. The van der Waals surface area contributed by atoms with Crippen LogP contribution in [0.2, 0.25) is 0 Å². The SMILES string of the molecule is CC1CC=C(c2cc(F)c(-c3ccc(F)c(F)c3)c(F)c2)CC1. The topological polar surface area (TPSA) is 0 Å². The highest BCUT2D eigenvalue weighted by molar-refractivity contribution is 5.72. The summed E-state index contributed by atoms with van der Waals surface area (Å²) in [7, 11) is 0. The maximum absolute atomic E-state index is 14.4. The minimum absolute atomic E-state index is 0.0169. The maximum atomic E-state index is 14.4. The lowest BCUT2D eigenvalue weighted by atomic mass is 9.87. The zero-order chi connectivity index (χ0) is 16.6. The van der Waals surface area contributed by atoms with Gasteiger partial charge in [-0.2, -0.15) is 0 Å². The molecule has 2 aromatic carbocycles. The molecule has 0 bridgehead atoms. The van der Waals surface area contributed by atoms with Gasteiger partial charge < -0.3 is 0 Å². The number of hydrogen-bond acceptors (Lipinski definition) is 0. The Kier molecular flexibility index (Phi) is 4.24. The summed E-state index contributed by atoms with van der Waals surface area (Å²) in [5.41, 5.74) is 1.09. The van der Waals surface area contributed by atoms with Crippen molar-refractivity contribution >= 4 is 5.57 Å². The Morgan fingerprint density at radius 1 is 0.826 bits per heavy atom. The van der Waals surface area contributed by atoms with E-state index in [2.05, 4.69) is 6.92 Å². The highest BCUT2D eigenvalue weighted by Crippen LogP contribution is 2.34. The standard InChI is InChI=1S/C19H16F4/c1-11-2-4-12(5-3-11)14-9-17(22)19(18(23)10-14)13-6-7-15(20)16(21)8-13/h4,6-11H,2-3,5H2,1H3. The van der Waals surface area contributed by atoms with E-state index in [4.69, 9.17) is 0 Å². The minimum Gasteiger partial charge on any atom is -0.206 e. The fraction of sp³-hybridized carbons (Fsp3) is 0.263. The molecule has 0 saturated heterocycles. The van der Waals surface area contributed by atoms with Crippen LogP contribution in [-0.4, -0.2) is 0 Å². The summed E-state index contributed by atoms with van der Waals surface area (Å²) in [5, 5.41) is 0. The van der Waals surface area contributed by atoms with Crippen LogP contribution in [0.5, 0.6) is 0 Å². The van der Waals surface area contributed by atoms with Crippen LogP contribution >= 0.6 is 0 Å². The molecule has 0 N–H and O–H groups in total. The fourth-order valence-electron chi connectivity index (χ4n) is 2.91. The van der Waals surface area contributed by atoms with Gasteiger partial charge in [0.1, 0.15) is 11.6 Å². The molecule has 1 unspecified atom stereocenters. The number of allylic oxidation sites excluding steroid dienone is 2. The molecule has 0 radical (unpaired) electrons. The average Bonchev–Trinajstić information content (AvgIpc) is 2.51. The van der Waals surface area contributed by atoms with Gasteiger partial charge in [0.05, 0.1) is 5.56 Å². The molecule has 120 valence electrons. The van der Waals surface area contributed by atoms with Crippen molar-refractivity contribution in [3.8, 4) is 11.1 Å². The quantitative estimate of drug-likeness (QED) is 0.585. The monoisotopic (exact) mass is 320 g/mol. The fourth-order valence-corrected chi connectivity index (χ4v) is 2.91. The maximum Gasteiger partial charge on any atom is 0.159 e. The Hall–Kier alpha value is -2.10. The Morgan fingerprint density at radius 3 is 2.04 bits per heavy atom. The summed E-state index contributed by atoms with van der Waals surface area (Å²) in [6.07, 6.45) is 4.67. The van der Waals surface area contributed by atoms with Crippen LogP contribution in [0, 0.1) is 29.2 Å². The Balaban J connectivity index is 2.02. The van der Waals surface area contributed by atoms with Gasteiger partial charge in [0, 0.05) is 0 Å². The van der Waals surface area contributed by atoms with E-state index in [1.165, 1.54) is 18.2 Å². The second kappa shape index (κ2) is 6.19. The zero-order valence-corrected chi connectivity index (χ0v) is 12.7. The lowest BCUT2D eigenvalue weighted by Gasteiger charge is -2.19. The van der Waals surface area contributed by atoms with Crippen LogP contribution in [-0.2, 0) is 0 Å². The molecule has 0 spiro atoms. The second-order valence-corrected chi connectivity index (χ2v) is 6.05. The van der Waals surface area contributed by atoms with Crippen LogP contribution in [0.4, 0.5) is 17.6 Å². The van der Waals surface area contributed by atoms with Crippen LogP contribution in [0.25, 0.3) is 16.7 Å². The molecule has 4 heteroatoms. The first-order valence-electron chi connectivity index (χ1n) is 7.59. The van der Waals surface area contributed by atoms with Crippen molar-refractivity contribution in [1.82, 2.24) is 0 Å². The van der Waals surface area contributed by atoms with E-state index >= 15 is 0 Å². The van der Waals surface area contributed by atoms with Crippen molar-refractivity contribution in [3.05, 3.63) is 65.2 Å². The molecule has 0 heterocycles. The van der Waals surface area contributed by atoms with Gasteiger partial charge in [0.25, 0.3) is 0 Å². The van der Waals surface area contributed by atoms with E-state index in [1.807, 2.05) is 6.08 Å². The van der Waals surface area contributed by atoms with Gasteiger partial charge in [0.15, 0.2) is 11.6 Å². The first kappa shape index (κ1) is 15.8. The molecule has 23 heavy (non-hydrogen) atoms. The summed E-state index contributed by atoms with van der Waals surface area (Å²) in [5.74, 6) is -3.15. The lowest BCUT2D eigenvalue weighted by molar-refractivity contribution is 0.508. The van der Waals surface area contributed by atoms with Gasteiger partial charge in [-0.05, 0) is 66.1 Å². The van der Waals surface area contributed by atoms with Gasteiger partial charge in [0.2, 0.25) is 0 Å². The Bertz CT molecular complexity index is 754. The largest absolute Gasteiger partial charge is 0.206 e. The zero-order valence-electron chi connectivity index (χ0n) is 12.7. The lowest BCUT2D eigenvalue weighted by Crippen LogP contribution is -2.02. The average molecular weight is 320 g/mol. The highest BCUT2D eigenvalue weighted by atomic mass is 19.2. The molecule has 2 aromatic rings. The van der Waals surface area contributed by atoms with E-state index in [9.17, 15) is 17.6 Å². The van der Waals surface area contributed by atoms with Crippen molar-refractivity contribution in [2.75, 3.05) is 0 Å². The molecule has 1 aliphatic carbocycles. The first-order valence-corrected chi connectivity index (χ1v) is 7.59. The number of benzene rings is 2. The van der Waals surface area contributed by atoms with E-state index in [-0.39, 0.29) is 11.1 Å². The van der Waals surface area contributed by atoms with Crippen LogP contribution in [0.1, 0.15) is 31.7 Å². The minimum atomic E-state index is -1.13. The molecular formula is C19H16F4. The molecule has 0 saturated carbocycles. The first-order chi connectivity index (χ1) is 11.0. The number of hydrogen-bond donors (Lipinski definition) is 0. The third kappa shape index (κ3) is 3.16. The van der Waals surface area contributed by atoms with Gasteiger partial charge in [-0.3, -0.25) is 0 Å². The Labute approximate surface area is 132 Å². The van der Waals surface area contributed by atoms with Gasteiger partial charge in [-0.25, -0.2) is 17.6 Å². The van der Waals surface area contributed by atoms with E-state index in [0.29, 0.717) is 11.5 Å². The van der Waals surface area contributed by atoms with Gasteiger partial charge in [-0.1, -0.05) is 19.1 Å². The molecule has 3 rings (SSSR count). The summed E-state index contributed by atoms with van der Waals surface area (Å²) in [4.78, 5) is 0. The molecule has 0 aliphatic heterocycles. The van der Waals surface area contributed by atoms with Crippen molar-refractivity contribution in [1.29, 1.82) is 0 Å². The predicted octanol–water partition coefficient (Wildman–Crippen LogP) is 6.11. The van der Waals surface area contributed by atoms with Crippen molar-refractivity contribution in [2.24, 2.45) is 5.92 Å². The van der Waals surface area contributed by atoms with E-state index in [0.717, 1.165) is 37.0 Å². The van der Waals surface area contributed by atoms with Crippen LogP contribution in [0.15, 0.2) is 36.4 Å². The van der Waals surface area contributed by atoms with Crippen molar-refractivity contribution in [2.45, 2.75) is 26.2 Å². The molecular weight excluding hydrogens is 304 g/mol. The summed E-state index contributed by atoms with van der Waals surface area (Å²) in [6, 6.07) is 5.37. The van der Waals surface area contributed by atoms with Gasteiger partial charge in [-0.15, -0.1) is 0 Å². The molecule has 1 atom stereocenters. The third-order valence-corrected chi connectivity index (χ3v) is 4.29. The highest BCUT2D eigenvalue weighted by Gasteiger charge is 2.18. The summed E-state index contributed by atoms with van der Waals surface area (Å²) >= 11 is 0. The summed E-state index contributed by atoms with van der Waals surface area (Å²) in [6.45, 7) is 2.14. The smallest absolute Gasteiger partial charge is 0.159 e. The third-order valence-electron chi connectivity index (χ3n) is 4.29. The van der Waals surface area contributed by atoms with E-state index in [1.54, 1.807) is 0 Å². The molecule has 0 amide bonds. The Morgan fingerprint density at radius 2 is 1.48 bits per heavy atom. The van der Waals surface area contributed by atoms with Crippen molar-refractivity contribution < 1.29 is 17.6 Å². The molecule has 0 aromatic heterocycles. The van der Waals surface area contributed by atoms with Crippen molar-refractivity contribution in [3.63, 3.8) is 0 Å². The van der Waals surface area contributed by atoms with E-state index < -0.39 is 23.3 Å². The number of halogens is 4. The van der Waals surface area contributed by atoms with Crippen LogP contribution in [0.3, 0.4) is 0 Å². The molecule has 0 fully saturated rings. The van der Waals surface area contributed by atoms with Crippen LogP contribution < -0.4 is 0 Å². The van der Waals surface area contributed by atoms with Gasteiger partial charge >= 0.3 is 0 Å². The summed E-state index contributed by atoms with van der Waals surface area (Å²) < 4.78 is 55.0. The second-order valence-electron chi connectivity index (χ2n) is 6.05. The normalized spacial score (nSPS) is 18.0.